The van der Waals surface area contributed by atoms with Crippen molar-refractivity contribution in [3.05, 3.63) is 29.2 Å². The third-order valence-corrected chi connectivity index (χ3v) is 4.03. The fourth-order valence-electron chi connectivity index (χ4n) is 1.91. The molecule has 0 aliphatic heterocycles. The number of nitrogens with two attached hydrogens (primary N) is 1. The normalized spacial score (nSPS) is 12.9. The second-order valence-corrected chi connectivity index (χ2v) is 6.37. The van der Waals surface area contributed by atoms with Crippen molar-refractivity contribution in [3.63, 3.8) is 0 Å². The Balaban J connectivity index is 2.44. The predicted octanol–water partition coefficient (Wildman–Crippen LogP) is 2.10. The van der Waals surface area contributed by atoms with E-state index in [2.05, 4.69) is 5.32 Å². The van der Waals surface area contributed by atoms with Crippen LogP contribution in [-0.2, 0) is 4.79 Å². The summed E-state index contributed by atoms with van der Waals surface area (Å²) in [5.74, 6) is -0.171. The molecule has 0 radical (unpaired) electrons. The molecule has 1 aromatic carbocycles. The molecule has 0 saturated carbocycles. The summed E-state index contributed by atoms with van der Waals surface area (Å²) >= 11 is 1.33. The fourth-order valence-corrected chi connectivity index (χ4v) is 2.59. The van der Waals surface area contributed by atoms with Crippen molar-refractivity contribution in [2.75, 3.05) is 6.61 Å². The Kier molecular flexibility index (Phi) is 8.36. The quantitative estimate of drug-likeness (QED) is 0.347. The average Bonchev–Trinajstić information content (AvgIpc) is 2.49. The van der Waals surface area contributed by atoms with E-state index in [4.69, 9.17) is 10.8 Å². The molecule has 0 saturated heterocycles. The molecule has 1 rings (SSSR count). The molecule has 0 aliphatic carbocycles. The number of carbonyl (C=O) groups excluding carboxylic acids is 1. The lowest BCUT2D eigenvalue weighted by atomic mass is 10.1. The van der Waals surface area contributed by atoms with Gasteiger partial charge in [-0.3, -0.25) is 4.79 Å². The van der Waals surface area contributed by atoms with Crippen molar-refractivity contribution in [2.45, 2.75) is 38.0 Å². The highest BCUT2D eigenvalue weighted by Gasteiger charge is 2.09. The van der Waals surface area contributed by atoms with Gasteiger partial charge in [-0.05, 0) is 37.3 Å². The third-order valence-electron chi connectivity index (χ3n) is 3.12. The van der Waals surface area contributed by atoms with Crippen LogP contribution in [0.1, 0.15) is 38.2 Å². The topological polar surface area (TPSA) is 116 Å². The number of nitrogens with one attached hydrogen (secondary N) is 1. The number of phenolic OH excluding ortho intramolecular Hbond substituents is 2. The summed E-state index contributed by atoms with van der Waals surface area (Å²) in [7, 11) is 0. The lowest BCUT2D eigenvalue weighted by molar-refractivity contribution is -0.121. The van der Waals surface area contributed by atoms with Crippen molar-refractivity contribution in [2.24, 2.45) is 5.73 Å². The average molecular weight is 340 g/mol. The molecule has 0 spiro atoms. The molecule has 1 aromatic rings. The van der Waals surface area contributed by atoms with Gasteiger partial charge in [-0.15, -0.1) is 11.8 Å². The van der Waals surface area contributed by atoms with Crippen molar-refractivity contribution in [1.29, 1.82) is 0 Å². The molecule has 1 atom stereocenters. The van der Waals surface area contributed by atoms with Gasteiger partial charge in [0.2, 0.25) is 5.91 Å². The van der Waals surface area contributed by atoms with E-state index in [9.17, 15) is 15.0 Å². The van der Waals surface area contributed by atoms with Crippen molar-refractivity contribution in [3.8, 4) is 11.5 Å². The van der Waals surface area contributed by atoms with E-state index in [1.807, 2.05) is 6.92 Å². The number of carbonyl (C=O) groups is 1. The molecule has 1 unspecified atom stereocenters. The first-order chi connectivity index (χ1) is 10.9. The molecule has 0 fully saturated rings. The number of hydrogen-bond acceptors (Lipinski definition) is 6. The largest absolute Gasteiger partial charge is 0.508 e. The van der Waals surface area contributed by atoms with Crippen LogP contribution in [0.15, 0.2) is 23.6 Å². The number of amides is 1. The van der Waals surface area contributed by atoms with E-state index in [0.717, 1.165) is 12.8 Å². The van der Waals surface area contributed by atoms with Crippen LogP contribution < -0.4 is 11.1 Å². The zero-order chi connectivity index (χ0) is 17.2. The number of aliphatic hydroxyl groups excluding tert-OH is 1. The Morgan fingerprint density at radius 1 is 1.35 bits per heavy atom. The van der Waals surface area contributed by atoms with Gasteiger partial charge in [-0.2, -0.15) is 0 Å². The van der Waals surface area contributed by atoms with Gasteiger partial charge in [0, 0.05) is 30.4 Å². The van der Waals surface area contributed by atoms with Crippen molar-refractivity contribution in [1.82, 2.24) is 5.32 Å². The number of rotatable bonds is 9. The highest BCUT2D eigenvalue weighted by molar-refractivity contribution is 8.02. The van der Waals surface area contributed by atoms with E-state index in [0.29, 0.717) is 24.1 Å². The maximum absolute atomic E-state index is 11.7. The van der Waals surface area contributed by atoms with Gasteiger partial charge >= 0.3 is 0 Å². The van der Waals surface area contributed by atoms with E-state index < -0.39 is 0 Å². The molecule has 23 heavy (non-hydrogen) atoms. The van der Waals surface area contributed by atoms with E-state index in [-0.39, 0.29) is 29.4 Å². The highest BCUT2D eigenvalue weighted by Crippen LogP contribution is 2.28. The third kappa shape index (κ3) is 7.30. The number of benzene rings is 1. The zero-order valence-corrected chi connectivity index (χ0v) is 14.0. The molecule has 0 aliphatic rings. The summed E-state index contributed by atoms with van der Waals surface area (Å²) in [5, 5.41) is 32.0. The van der Waals surface area contributed by atoms with Crippen LogP contribution in [0.25, 0.3) is 5.70 Å². The first-order valence-electron chi connectivity index (χ1n) is 7.47. The van der Waals surface area contributed by atoms with E-state index in [1.165, 1.54) is 30.0 Å². The van der Waals surface area contributed by atoms with E-state index >= 15 is 0 Å². The second-order valence-electron chi connectivity index (χ2n) is 5.15. The minimum atomic E-state index is -0.154. The Labute approximate surface area is 140 Å². The Bertz CT molecular complexity index is 549. The summed E-state index contributed by atoms with van der Waals surface area (Å²) in [5.41, 5.74) is 6.69. The fraction of sp³-hybridized carbons (Fsp3) is 0.438. The number of unbranched alkanes of at least 4 members (excludes halogenated alkanes) is 2. The van der Waals surface area contributed by atoms with E-state index in [1.54, 1.807) is 5.41 Å². The van der Waals surface area contributed by atoms with Gasteiger partial charge < -0.3 is 26.4 Å². The Hall–Kier alpha value is -1.86. The van der Waals surface area contributed by atoms with Crippen LogP contribution in [0.4, 0.5) is 0 Å². The number of phenols is 2. The summed E-state index contributed by atoms with van der Waals surface area (Å²) in [6.45, 7) is 2.00. The van der Waals surface area contributed by atoms with Gasteiger partial charge in [0.05, 0.1) is 5.37 Å². The van der Waals surface area contributed by atoms with Crippen LogP contribution in [-0.4, -0.2) is 33.2 Å². The first-order valence-corrected chi connectivity index (χ1v) is 8.42. The summed E-state index contributed by atoms with van der Waals surface area (Å²) in [6.07, 6.45) is 2.73. The monoisotopic (exact) mass is 340 g/mol. The lowest BCUT2D eigenvalue weighted by Crippen LogP contribution is -2.29. The van der Waals surface area contributed by atoms with Gasteiger partial charge in [-0.25, -0.2) is 0 Å². The maximum Gasteiger partial charge on any atom is 0.220 e. The van der Waals surface area contributed by atoms with Crippen LogP contribution >= 0.6 is 11.8 Å². The molecular formula is C16H24N2O4S. The highest BCUT2D eigenvalue weighted by atomic mass is 32.2. The van der Waals surface area contributed by atoms with Crippen LogP contribution in [0.2, 0.25) is 0 Å². The predicted molar refractivity (Wildman–Crippen MR) is 92.7 cm³/mol. The SMILES string of the molecule is CC(NC(=O)CCCCCO)S/C=C(\N)c1ccc(O)cc1O. The Morgan fingerprint density at radius 2 is 2.09 bits per heavy atom. The van der Waals surface area contributed by atoms with Gasteiger partial charge in [0.15, 0.2) is 0 Å². The molecule has 0 aromatic heterocycles. The first kappa shape index (κ1) is 19.2. The van der Waals surface area contributed by atoms with Crippen molar-refractivity contribution >= 4 is 23.4 Å². The van der Waals surface area contributed by atoms with Crippen LogP contribution in [0.3, 0.4) is 0 Å². The number of hydrogen-bond donors (Lipinski definition) is 5. The minimum Gasteiger partial charge on any atom is -0.508 e. The molecular weight excluding hydrogens is 316 g/mol. The smallest absolute Gasteiger partial charge is 0.220 e. The number of thioether (sulfide) groups is 1. The number of aliphatic hydroxyl groups is 1. The number of aromatic hydroxyl groups is 2. The molecule has 6 N–H and O–H groups in total. The summed E-state index contributed by atoms with van der Waals surface area (Å²) < 4.78 is 0. The second kappa shape index (κ2) is 10.0. The summed E-state index contributed by atoms with van der Waals surface area (Å²) in [6, 6.07) is 4.19. The minimum absolute atomic E-state index is 0.0338. The lowest BCUT2D eigenvalue weighted by Gasteiger charge is -2.12. The van der Waals surface area contributed by atoms with Crippen molar-refractivity contribution < 1.29 is 20.1 Å². The summed E-state index contributed by atoms with van der Waals surface area (Å²) in [4.78, 5) is 11.7. The molecule has 6 nitrogen and oxygen atoms in total. The van der Waals surface area contributed by atoms with Gasteiger partial charge in [0.25, 0.3) is 0 Å². The van der Waals surface area contributed by atoms with Gasteiger partial charge in [-0.1, -0.05) is 6.42 Å². The molecule has 0 bridgehead atoms. The maximum atomic E-state index is 11.7. The zero-order valence-electron chi connectivity index (χ0n) is 13.2. The molecule has 128 valence electrons. The van der Waals surface area contributed by atoms with Crippen LogP contribution in [0.5, 0.6) is 11.5 Å². The van der Waals surface area contributed by atoms with Crippen LogP contribution in [0, 0.1) is 0 Å². The van der Waals surface area contributed by atoms with Gasteiger partial charge in [0.1, 0.15) is 11.5 Å². The molecule has 0 heterocycles. The molecule has 1 amide bonds. The Morgan fingerprint density at radius 3 is 2.74 bits per heavy atom. The molecule has 7 heteroatoms. The standard InChI is InChI=1S/C16H24N2O4S/c1-11(18-16(22)5-3-2-4-8-19)23-10-14(17)13-7-6-12(20)9-15(13)21/h6-7,9-11,19-21H,2-5,8,17H2,1H3,(H,18,22)/b14-10-.